The average Bonchev–Trinajstić information content (AvgIpc) is 3.44. The van der Waals surface area contributed by atoms with Crippen molar-refractivity contribution in [2.24, 2.45) is 0 Å². The Bertz CT molecular complexity index is 637. The molecule has 136 valence electrons. The zero-order valence-corrected chi connectivity index (χ0v) is 14.7. The average molecular weight is 370 g/mol. The Morgan fingerprint density at radius 2 is 1.84 bits per heavy atom. The number of carbonyl (C=O) groups is 1. The van der Waals surface area contributed by atoms with Gasteiger partial charge in [-0.1, -0.05) is 12.6 Å². The molecule has 0 spiro atoms. The summed E-state index contributed by atoms with van der Waals surface area (Å²) in [5.74, 6) is -0.0537. The number of likely N-dealkylation sites (tertiary alicyclic amines) is 1. The standard InChI is InChI=1S/C18H21F3N2OS/c1-2-17(24)22-10-8-15(9-11-22)23(14-6-7-14)25-16-5-3-4-13(12-16)18(19,20)21/h2-5,12,14-15H,1,6-11H2. The predicted octanol–water partition coefficient (Wildman–Crippen LogP) is 4.35. The molecule has 1 aliphatic heterocycles. The Balaban J connectivity index is 1.67. The molecule has 3 rings (SSSR count). The highest BCUT2D eigenvalue weighted by atomic mass is 32.2. The van der Waals surface area contributed by atoms with Crippen LogP contribution in [0.3, 0.4) is 0 Å². The van der Waals surface area contributed by atoms with Gasteiger partial charge in [-0.3, -0.25) is 4.79 Å². The summed E-state index contributed by atoms with van der Waals surface area (Å²) < 4.78 is 41.0. The molecule has 0 bridgehead atoms. The SMILES string of the molecule is C=CC(=O)N1CCC(N(Sc2cccc(C(F)(F)F)c2)C2CC2)CC1. The van der Waals surface area contributed by atoms with Crippen LogP contribution < -0.4 is 0 Å². The van der Waals surface area contributed by atoms with E-state index in [1.807, 2.05) is 0 Å². The van der Waals surface area contributed by atoms with Crippen LogP contribution in [-0.4, -0.2) is 40.3 Å². The molecular formula is C18H21F3N2OS. The lowest BCUT2D eigenvalue weighted by atomic mass is 10.0. The van der Waals surface area contributed by atoms with Crippen molar-refractivity contribution >= 4 is 17.9 Å². The largest absolute Gasteiger partial charge is 0.416 e. The number of amides is 1. The van der Waals surface area contributed by atoms with E-state index < -0.39 is 11.7 Å². The molecule has 1 saturated heterocycles. The molecule has 1 aliphatic carbocycles. The van der Waals surface area contributed by atoms with Gasteiger partial charge in [0.25, 0.3) is 0 Å². The molecule has 1 heterocycles. The van der Waals surface area contributed by atoms with Crippen molar-refractivity contribution in [2.45, 2.75) is 48.8 Å². The molecule has 0 radical (unpaired) electrons. The molecule has 0 aromatic heterocycles. The summed E-state index contributed by atoms with van der Waals surface area (Å²) in [7, 11) is 0. The fraction of sp³-hybridized carbons (Fsp3) is 0.500. The minimum absolute atomic E-state index is 0.0537. The normalized spacial score (nSPS) is 19.3. The van der Waals surface area contributed by atoms with Crippen LogP contribution in [0.15, 0.2) is 41.8 Å². The van der Waals surface area contributed by atoms with Gasteiger partial charge in [0.15, 0.2) is 0 Å². The van der Waals surface area contributed by atoms with E-state index in [2.05, 4.69) is 10.9 Å². The predicted molar refractivity (Wildman–Crippen MR) is 92.0 cm³/mol. The van der Waals surface area contributed by atoms with Crippen LogP contribution in [0, 0.1) is 0 Å². The molecule has 1 aromatic rings. The van der Waals surface area contributed by atoms with Gasteiger partial charge in [-0.2, -0.15) is 13.2 Å². The summed E-state index contributed by atoms with van der Waals surface area (Å²) in [5, 5.41) is 0. The number of carbonyl (C=O) groups excluding carboxylic acids is 1. The molecule has 2 fully saturated rings. The van der Waals surface area contributed by atoms with Crippen molar-refractivity contribution in [3.63, 3.8) is 0 Å². The van der Waals surface area contributed by atoms with E-state index in [1.165, 1.54) is 30.2 Å². The van der Waals surface area contributed by atoms with Crippen molar-refractivity contribution in [2.75, 3.05) is 13.1 Å². The van der Waals surface area contributed by atoms with Gasteiger partial charge in [-0.15, -0.1) is 0 Å². The zero-order valence-electron chi connectivity index (χ0n) is 13.8. The number of piperidine rings is 1. The monoisotopic (exact) mass is 370 g/mol. The number of hydrogen-bond donors (Lipinski definition) is 0. The van der Waals surface area contributed by atoms with E-state index in [4.69, 9.17) is 0 Å². The first-order valence-corrected chi connectivity index (χ1v) is 9.20. The van der Waals surface area contributed by atoms with E-state index >= 15 is 0 Å². The maximum Gasteiger partial charge on any atom is 0.416 e. The van der Waals surface area contributed by atoms with Gasteiger partial charge in [-0.05, 0) is 61.9 Å². The Labute approximate surface area is 150 Å². The zero-order chi connectivity index (χ0) is 18.0. The number of benzene rings is 1. The number of nitrogens with zero attached hydrogens (tertiary/aromatic N) is 2. The quantitative estimate of drug-likeness (QED) is 0.569. The first kappa shape index (κ1) is 18.3. The fourth-order valence-corrected chi connectivity index (χ4v) is 4.38. The van der Waals surface area contributed by atoms with Crippen LogP contribution in [-0.2, 0) is 11.0 Å². The third kappa shape index (κ3) is 4.58. The maximum absolute atomic E-state index is 12.9. The molecular weight excluding hydrogens is 349 g/mol. The van der Waals surface area contributed by atoms with E-state index in [-0.39, 0.29) is 11.9 Å². The third-order valence-electron chi connectivity index (χ3n) is 4.59. The molecule has 2 aliphatic rings. The molecule has 1 amide bonds. The summed E-state index contributed by atoms with van der Waals surface area (Å²) in [6.07, 6.45) is 0.841. The van der Waals surface area contributed by atoms with Gasteiger partial charge in [0.1, 0.15) is 0 Å². The second-order valence-corrected chi connectivity index (χ2v) is 7.54. The summed E-state index contributed by atoms with van der Waals surface area (Å²) in [6.45, 7) is 4.85. The lowest BCUT2D eigenvalue weighted by Gasteiger charge is -2.37. The Kier molecular flexibility index (Phi) is 5.43. The molecule has 25 heavy (non-hydrogen) atoms. The summed E-state index contributed by atoms with van der Waals surface area (Å²) in [6, 6.07) is 6.21. The van der Waals surface area contributed by atoms with E-state index in [9.17, 15) is 18.0 Å². The molecule has 0 N–H and O–H groups in total. The number of hydrogen-bond acceptors (Lipinski definition) is 3. The Morgan fingerprint density at radius 3 is 2.40 bits per heavy atom. The Morgan fingerprint density at radius 1 is 1.20 bits per heavy atom. The van der Waals surface area contributed by atoms with Gasteiger partial charge in [-0.25, -0.2) is 4.31 Å². The van der Waals surface area contributed by atoms with Crippen LogP contribution in [0.4, 0.5) is 13.2 Å². The van der Waals surface area contributed by atoms with Crippen molar-refractivity contribution < 1.29 is 18.0 Å². The van der Waals surface area contributed by atoms with Crippen LogP contribution in [0.2, 0.25) is 0 Å². The molecule has 1 saturated carbocycles. The van der Waals surface area contributed by atoms with Gasteiger partial charge in [0.2, 0.25) is 5.91 Å². The van der Waals surface area contributed by atoms with Crippen molar-refractivity contribution in [3.05, 3.63) is 42.5 Å². The molecule has 7 heteroatoms. The van der Waals surface area contributed by atoms with Crippen LogP contribution in [0.25, 0.3) is 0 Å². The van der Waals surface area contributed by atoms with Crippen LogP contribution in [0.1, 0.15) is 31.2 Å². The lowest BCUT2D eigenvalue weighted by molar-refractivity contribution is -0.137. The smallest absolute Gasteiger partial charge is 0.339 e. The van der Waals surface area contributed by atoms with Crippen LogP contribution >= 0.6 is 11.9 Å². The minimum atomic E-state index is -4.32. The van der Waals surface area contributed by atoms with Crippen molar-refractivity contribution in [3.8, 4) is 0 Å². The second-order valence-electron chi connectivity index (χ2n) is 6.47. The number of alkyl halides is 3. The highest BCUT2D eigenvalue weighted by Gasteiger charge is 2.37. The fourth-order valence-electron chi connectivity index (χ4n) is 3.10. The van der Waals surface area contributed by atoms with E-state index in [0.717, 1.165) is 31.7 Å². The number of rotatable bonds is 5. The van der Waals surface area contributed by atoms with Gasteiger partial charge in [0, 0.05) is 30.1 Å². The van der Waals surface area contributed by atoms with Gasteiger partial charge in [0.05, 0.1) is 5.56 Å². The molecule has 1 aromatic carbocycles. The summed E-state index contributed by atoms with van der Waals surface area (Å²) in [4.78, 5) is 14.1. The van der Waals surface area contributed by atoms with Gasteiger partial charge >= 0.3 is 6.18 Å². The first-order valence-electron chi connectivity index (χ1n) is 8.43. The molecule has 0 atom stereocenters. The topological polar surface area (TPSA) is 23.6 Å². The highest BCUT2D eigenvalue weighted by molar-refractivity contribution is 7.97. The third-order valence-corrected chi connectivity index (χ3v) is 5.86. The lowest BCUT2D eigenvalue weighted by Crippen LogP contribution is -2.44. The number of halogens is 3. The summed E-state index contributed by atoms with van der Waals surface area (Å²) in [5.41, 5.74) is -0.611. The minimum Gasteiger partial charge on any atom is -0.339 e. The van der Waals surface area contributed by atoms with Gasteiger partial charge < -0.3 is 4.90 Å². The first-order chi connectivity index (χ1) is 11.9. The van der Waals surface area contributed by atoms with E-state index in [0.29, 0.717) is 24.0 Å². The van der Waals surface area contributed by atoms with Crippen molar-refractivity contribution in [1.29, 1.82) is 0 Å². The maximum atomic E-state index is 12.9. The molecule has 0 unspecified atom stereocenters. The highest BCUT2D eigenvalue weighted by Crippen LogP contribution is 2.41. The molecule has 3 nitrogen and oxygen atoms in total. The second kappa shape index (κ2) is 7.41. The van der Waals surface area contributed by atoms with Crippen molar-refractivity contribution in [1.82, 2.24) is 9.21 Å². The van der Waals surface area contributed by atoms with E-state index in [1.54, 1.807) is 11.0 Å². The summed E-state index contributed by atoms with van der Waals surface area (Å²) >= 11 is 1.42. The van der Waals surface area contributed by atoms with Crippen LogP contribution in [0.5, 0.6) is 0 Å². The Hall–Kier alpha value is -1.47.